The number of fused-ring (bicyclic) bond motifs is 1. The van der Waals surface area contributed by atoms with E-state index in [1.807, 2.05) is 16.7 Å². The van der Waals surface area contributed by atoms with Crippen molar-refractivity contribution < 1.29 is 27.5 Å². The van der Waals surface area contributed by atoms with Crippen LogP contribution in [0.15, 0.2) is 52.4 Å². The zero-order valence-corrected chi connectivity index (χ0v) is 23.1. The molecule has 3 rings (SSSR count). The monoisotopic (exact) mass is 569 g/mol. The Morgan fingerprint density at radius 1 is 1.05 bits per heavy atom. The number of thiazole rings is 1. The minimum absolute atomic E-state index is 0.0143. The fraction of sp³-hybridized carbons (Fsp3) is 0.346. The Balaban J connectivity index is 1.95. The molecule has 1 aromatic heterocycles. The van der Waals surface area contributed by atoms with E-state index in [9.17, 15) is 18.0 Å². The topological polar surface area (TPSA) is 155 Å². The molecule has 0 bridgehead atoms. The molecular formula is C26H27N5O6S2. The van der Waals surface area contributed by atoms with Crippen molar-refractivity contribution in [3.05, 3.63) is 58.4 Å². The highest BCUT2D eigenvalue weighted by Gasteiger charge is 2.24. The Morgan fingerprint density at radius 3 is 2.28 bits per heavy atom. The summed E-state index contributed by atoms with van der Waals surface area (Å²) < 4.78 is 40.0. The molecule has 0 fully saturated rings. The lowest BCUT2D eigenvalue weighted by atomic mass is 10.2. The molecule has 1 amide bonds. The first-order valence-corrected chi connectivity index (χ1v) is 14.2. The predicted octanol–water partition coefficient (Wildman–Crippen LogP) is 3.09. The minimum atomic E-state index is -3.96. The van der Waals surface area contributed by atoms with Gasteiger partial charge in [-0.2, -0.15) is 19.8 Å². The number of nitrogens with zero attached hydrogens (tertiary/aromatic N) is 5. The van der Waals surface area contributed by atoms with Gasteiger partial charge in [0.1, 0.15) is 0 Å². The van der Waals surface area contributed by atoms with Crippen molar-refractivity contribution in [1.82, 2.24) is 8.87 Å². The van der Waals surface area contributed by atoms with Crippen LogP contribution in [0, 0.1) is 22.7 Å². The third-order valence-electron chi connectivity index (χ3n) is 5.60. The highest BCUT2D eigenvalue weighted by Crippen LogP contribution is 2.21. The largest absolute Gasteiger partial charge is 0.462 e. The van der Waals surface area contributed by atoms with E-state index in [1.54, 1.807) is 32.2 Å². The molecule has 39 heavy (non-hydrogen) atoms. The van der Waals surface area contributed by atoms with Crippen molar-refractivity contribution in [2.24, 2.45) is 4.99 Å². The molecule has 0 spiro atoms. The number of hydrogen-bond donors (Lipinski definition) is 0. The Labute approximate surface area is 230 Å². The number of aromatic nitrogens is 1. The van der Waals surface area contributed by atoms with Crippen molar-refractivity contribution in [1.29, 1.82) is 10.5 Å². The van der Waals surface area contributed by atoms with Gasteiger partial charge in [0.15, 0.2) is 4.80 Å². The third kappa shape index (κ3) is 7.16. The third-order valence-corrected chi connectivity index (χ3v) is 8.55. The average molecular weight is 570 g/mol. The fourth-order valence-corrected chi connectivity index (χ4v) is 6.21. The number of rotatable bonds is 12. The number of ether oxygens (including phenoxy) is 2. The molecule has 3 aromatic rings. The normalized spacial score (nSPS) is 11.9. The second kappa shape index (κ2) is 13.8. The van der Waals surface area contributed by atoms with E-state index in [-0.39, 0.29) is 43.0 Å². The van der Waals surface area contributed by atoms with Crippen LogP contribution in [0.1, 0.15) is 40.5 Å². The van der Waals surface area contributed by atoms with Gasteiger partial charge >= 0.3 is 5.97 Å². The Bertz CT molecular complexity index is 1580. The van der Waals surface area contributed by atoms with Gasteiger partial charge in [-0.15, -0.1) is 0 Å². The highest BCUT2D eigenvalue weighted by atomic mass is 32.2. The Hall–Kier alpha value is -3.88. The molecule has 1 heterocycles. The summed E-state index contributed by atoms with van der Waals surface area (Å²) in [5.74, 6) is -1.02. The van der Waals surface area contributed by atoms with Gasteiger partial charge in [0.05, 0.1) is 46.0 Å². The number of sulfonamides is 1. The van der Waals surface area contributed by atoms with Gasteiger partial charge in [-0.3, -0.25) is 4.79 Å². The van der Waals surface area contributed by atoms with Crippen molar-refractivity contribution in [3.63, 3.8) is 0 Å². The van der Waals surface area contributed by atoms with Gasteiger partial charge in [-0.25, -0.2) is 13.2 Å². The van der Waals surface area contributed by atoms with Gasteiger partial charge in [-0.1, -0.05) is 11.3 Å². The van der Waals surface area contributed by atoms with E-state index in [1.165, 1.54) is 35.6 Å². The van der Waals surface area contributed by atoms with Crippen molar-refractivity contribution in [2.75, 3.05) is 33.4 Å². The molecule has 2 aromatic carbocycles. The molecular weight excluding hydrogens is 542 g/mol. The smallest absolute Gasteiger partial charge is 0.338 e. The molecule has 0 aliphatic rings. The maximum absolute atomic E-state index is 13.0. The minimum Gasteiger partial charge on any atom is -0.462 e. The van der Waals surface area contributed by atoms with Gasteiger partial charge in [0.25, 0.3) is 5.91 Å². The van der Waals surface area contributed by atoms with Crippen LogP contribution in [0.4, 0.5) is 0 Å². The van der Waals surface area contributed by atoms with Crippen molar-refractivity contribution in [2.45, 2.75) is 31.2 Å². The van der Waals surface area contributed by atoms with Gasteiger partial charge in [0.2, 0.25) is 10.0 Å². The lowest BCUT2D eigenvalue weighted by Gasteiger charge is -2.20. The summed E-state index contributed by atoms with van der Waals surface area (Å²) in [6.07, 6.45) is -0.0285. The number of amides is 1. The maximum atomic E-state index is 13.0. The van der Waals surface area contributed by atoms with Crippen LogP contribution in [0.2, 0.25) is 0 Å². The molecule has 0 N–H and O–H groups in total. The first-order valence-electron chi connectivity index (χ1n) is 12.0. The van der Waals surface area contributed by atoms with Gasteiger partial charge < -0.3 is 14.0 Å². The second-order valence-corrected chi connectivity index (χ2v) is 11.0. The molecule has 0 atom stereocenters. The molecule has 0 aliphatic carbocycles. The molecule has 13 heteroatoms. The zero-order valence-electron chi connectivity index (χ0n) is 21.5. The lowest BCUT2D eigenvalue weighted by Crippen LogP contribution is -2.32. The molecule has 0 unspecified atom stereocenters. The van der Waals surface area contributed by atoms with Crippen LogP contribution in [0.25, 0.3) is 10.2 Å². The number of esters is 1. The first kappa shape index (κ1) is 29.7. The van der Waals surface area contributed by atoms with Crippen LogP contribution >= 0.6 is 11.3 Å². The van der Waals surface area contributed by atoms with E-state index in [2.05, 4.69) is 4.99 Å². The SMILES string of the molecule is CCOC(=O)c1ccc2c(c1)sc(=NC(=O)c1ccc(S(=O)(=O)N(CCC#N)CCC#N)cc1)n2CCOC. The summed E-state index contributed by atoms with van der Waals surface area (Å²) in [6, 6.07) is 14.3. The van der Waals surface area contributed by atoms with E-state index in [0.717, 1.165) is 14.5 Å². The van der Waals surface area contributed by atoms with Crippen LogP contribution in [0.5, 0.6) is 0 Å². The van der Waals surface area contributed by atoms with Gasteiger partial charge in [-0.05, 0) is 49.4 Å². The number of hydrogen-bond acceptors (Lipinski definition) is 9. The van der Waals surface area contributed by atoms with E-state index < -0.39 is 21.9 Å². The molecule has 204 valence electrons. The van der Waals surface area contributed by atoms with E-state index in [0.29, 0.717) is 23.5 Å². The highest BCUT2D eigenvalue weighted by molar-refractivity contribution is 7.89. The number of carbonyl (C=O) groups excluding carboxylic acids is 2. The van der Waals surface area contributed by atoms with Crippen LogP contribution < -0.4 is 4.80 Å². The number of methoxy groups -OCH3 is 1. The zero-order chi connectivity index (χ0) is 28.4. The summed E-state index contributed by atoms with van der Waals surface area (Å²) in [7, 11) is -2.40. The van der Waals surface area contributed by atoms with Gasteiger partial charge in [0, 0.05) is 45.1 Å². The van der Waals surface area contributed by atoms with E-state index >= 15 is 0 Å². The Kier molecular flexibility index (Phi) is 10.5. The predicted molar refractivity (Wildman–Crippen MR) is 143 cm³/mol. The summed E-state index contributed by atoms with van der Waals surface area (Å²) in [6.45, 7) is 2.68. The molecule has 0 radical (unpaired) electrons. The number of benzene rings is 2. The summed E-state index contributed by atoms with van der Waals surface area (Å²) in [5.41, 5.74) is 1.34. The second-order valence-electron chi connectivity index (χ2n) is 8.09. The number of carbonyl (C=O) groups is 2. The summed E-state index contributed by atoms with van der Waals surface area (Å²) >= 11 is 1.23. The molecule has 11 nitrogen and oxygen atoms in total. The lowest BCUT2D eigenvalue weighted by molar-refractivity contribution is 0.0526. The molecule has 0 saturated carbocycles. The number of nitriles is 2. The fourth-order valence-electron chi connectivity index (χ4n) is 3.67. The van der Waals surface area contributed by atoms with Crippen LogP contribution in [-0.4, -0.2) is 62.6 Å². The summed E-state index contributed by atoms with van der Waals surface area (Å²) in [4.78, 5) is 29.8. The maximum Gasteiger partial charge on any atom is 0.338 e. The Morgan fingerprint density at radius 2 is 1.69 bits per heavy atom. The van der Waals surface area contributed by atoms with Crippen molar-refractivity contribution in [3.8, 4) is 12.1 Å². The molecule has 0 saturated heterocycles. The average Bonchev–Trinajstić information content (AvgIpc) is 3.27. The van der Waals surface area contributed by atoms with Crippen molar-refractivity contribution >= 4 is 43.5 Å². The van der Waals surface area contributed by atoms with E-state index in [4.69, 9.17) is 20.0 Å². The van der Waals surface area contributed by atoms with Crippen LogP contribution in [-0.2, 0) is 26.0 Å². The standard InChI is InChI=1S/C26H27N5O6S2/c1-3-37-25(33)20-8-11-22-23(18-20)38-26(31(22)16-17-36-2)29-24(32)19-6-9-21(10-7-19)39(34,35)30(14-4-12-27)15-5-13-28/h6-11,18H,3-5,14-17H2,1-2H3. The molecule has 0 aliphatic heterocycles. The van der Waals surface area contributed by atoms with Crippen LogP contribution in [0.3, 0.4) is 0 Å². The quantitative estimate of drug-likeness (QED) is 0.301. The summed E-state index contributed by atoms with van der Waals surface area (Å²) in [5, 5.41) is 17.7. The first-order chi connectivity index (χ1) is 18.8.